The lowest BCUT2D eigenvalue weighted by Gasteiger charge is -2.07. The number of rotatable bonds is 7. The Hall–Kier alpha value is -3.93. The largest absolute Gasteiger partial charge is 0.484 e. The van der Waals surface area contributed by atoms with Crippen LogP contribution in [0.5, 0.6) is 5.75 Å². The minimum atomic E-state index is -0.311. The van der Waals surface area contributed by atoms with Crippen LogP contribution in [-0.4, -0.2) is 22.3 Å². The maximum absolute atomic E-state index is 13.4. The zero-order valence-electron chi connectivity index (χ0n) is 16.2. The first-order chi connectivity index (χ1) is 14.7. The Bertz CT molecular complexity index is 1110. The molecule has 0 aliphatic rings. The summed E-state index contributed by atoms with van der Waals surface area (Å²) in [5.74, 6) is 0.0853. The number of aromatic nitrogens is 2. The minimum Gasteiger partial charge on any atom is -0.484 e. The molecule has 1 amide bonds. The fourth-order valence-corrected chi connectivity index (χ4v) is 3.01. The zero-order valence-corrected chi connectivity index (χ0v) is 16.2. The number of benzene rings is 3. The number of carbonyl (C=O) groups excluding carboxylic acids is 1. The van der Waals surface area contributed by atoms with E-state index in [1.54, 1.807) is 28.9 Å². The number of nitrogens with one attached hydrogen (secondary N) is 1. The third kappa shape index (κ3) is 4.72. The highest BCUT2D eigenvalue weighted by Gasteiger charge is 2.14. The zero-order chi connectivity index (χ0) is 20.8. The van der Waals surface area contributed by atoms with Crippen LogP contribution in [0.2, 0.25) is 0 Å². The number of ether oxygens (including phenoxy) is 1. The van der Waals surface area contributed by atoms with Crippen molar-refractivity contribution >= 4 is 5.91 Å². The van der Waals surface area contributed by atoms with Crippen LogP contribution in [-0.2, 0) is 11.3 Å². The van der Waals surface area contributed by atoms with Gasteiger partial charge in [0.25, 0.3) is 5.91 Å². The van der Waals surface area contributed by atoms with Gasteiger partial charge in [-0.2, -0.15) is 5.10 Å². The van der Waals surface area contributed by atoms with E-state index in [1.165, 1.54) is 12.1 Å². The number of nitrogens with zero attached hydrogens (tertiary/aromatic N) is 2. The van der Waals surface area contributed by atoms with E-state index in [4.69, 9.17) is 4.74 Å². The molecular weight excluding hydrogens is 381 g/mol. The Labute approximate surface area is 173 Å². The molecule has 0 fully saturated rings. The number of carbonyl (C=O) groups is 1. The van der Waals surface area contributed by atoms with Crippen LogP contribution >= 0.6 is 0 Å². The Balaban J connectivity index is 1.51. The maximum atomic E-state index is 13.4. The van der Waals surface area contributed by atoms with Crippen LogP contribution < -0.4 is 10.1 Å². The molecule has 4 rings (SSSR count). The van der Waals surface area contributed by atoms with E-state index in [1.807, 2.05) is 54.7 Å². The van der Waals surface area contributed by atoms with Crippen LogP contribution in [0, 0.1) is 5.82 Å². The fraction of sp³-hybridized carbons (Fsp3) is 0.0833. The quantitative estimate of drug-likeness (QED) is 0.500. The highest BCUT2D eigenvalue weighted by atomic mass is 19.1. The third-order valence-corrected chi connectivity index (χ3v) is 4.52. The average Bonchev–Trinajstić information content (AvgIpc) is 3.22. The van der Waals surface area contributed by atoms with Gasteiger partial charge in [-0.15, -0.1) is 0 Å². The molecule has 0 radical (unpaired) electrons. The summed E-state index contributed by atoms with van der Waals surface area (Å²) in [5, 5.41) is 7.53. The Morgan fingerprint density at radius 3 is 2.30 bits per heavy atom. The summed E-state index contributed by atoms with van der Waals surface area (Å²) in [6.45, 7) is 0.194. The highest BCUT2D eigenvalue weighted by Crippen LogP contribution is 2.24. The molecule has 0 spiro atoms. The van der Waals surface area contributed by atoms with Crippen LogP contribution in [0.3, 0.4) is 0 Å². The van der Waals surface area contributed by atoms with Gasteiger partial charge in [-0.05, 0) is 48.5 Å². The van der Waals surface area contributed by atoms with Crippen LogP contribution in [0.25, 0.3) is 16.9 Å². The summed E-state index contributed by atoms with van der Waals surface area (Å²) in [7, 11) is 0. The molecule has 0 aliphatic carbocycles. The summed E-state index contributed by atoms with van der Waals surface area (Å²) in [6, 6.07) is 25.0. The summed E-state index contributed by atoms with van der Waals surface area (Å²) >= 11 is 0. The first kappa shape index (κ1) is 19.4. The molecule has 0 unspecified atom stereocenters. The van der Waals surface area contributed by atoms with E-state index >= 15 is 0 Å². The van der Waals surface area contributed by atoms with Crippen molar-refractivity contribution in [1.29, 1.82) is 0 Å². The molecule has 6 heteroatoms. The number of hydrogen-bond acceptors (Lipinski definition) is 3. The molecule has 1 aromatic heterocycles. The molecule has 4 aromatic rings. The predicted octanol–water partition coefficient (Wildman–Crippen LogP) is 4.37. The van der Waals surface area contributed by atoms with Crippen molar-refractivity contribution in [2.75, 3.05) is 6.61 Å². The Kier molecular flexibility index (Phi) is 5.85. The second kappa shape index (κ2) is 9.05. The second-order valence-electron chi connectivity index (χ2n) is 6.67. The summed E-state index contributed by atoms with van der Waals surface area (Å²) in [6.07, 6.45) is 1.87. The Morgan fingerprint density at radius 2 is 1.60 bits per heavy atom. The summed E-state index contributed by atoms with van der Waals surface area (Å²) in [5.41, 5.74) is 3.17. The van der Waals surface area contributed by atoms with Crippen molar-refractivity contribution in [1.82, 2.24) is 15.1 Å². The minimum absolute atomic E-state index is 0.0806. The van der Waals surface area contributed by atoms with Gasteiger partial charge in [0.2, 0.25) is 0 Å². The molecule has 0 atom stereocenters. The van der Waals surface area contributed by atoms with Gasteiger partial charge < -0.3 is 10.1 Å². The van der Waals surface area contributed by atoms with Crippen LogP contribution in [0.1, 0.15) is 5.56 Å². The topological polar surface area (TPSA) is 56.1 Å². The lowest BCUT2D eigenvalue weighted by molar-refractivity contribution is -0.123. The van der Waals surface area contributed by atoms with Crippen molar-refractivity contribution in [3.05, 3.63) is 103 Å². The van der Waals surface area contributed by atoms with E-state index < -0.39 is 0 Å². The molecule has 150 valence electrons. The first-order valence-electron chi connectivity index (χ1n) is 9.53. The number of amides is 1. The monoisotopic (exact) mass is 401 g/mol. The van der Waals surface area contributed by atoms with Gasteiger partial charge in [0, 0.05) is 23.9 Å². The molecule has 3 aromatic carbocycles. The Morgan fingerprint density at radius 1 is 0.933 bits per heavy atom. The van der Waals surface area contributed by atoms with Crippen LogP contribution in [0.15, 0.2) is 91.1 Å². The fourth-order valence-electron chi connectivity index (χ4n) is 3.01. The van der Waals surface area contributed by atoms with Crippen molar-refractivity contribution < 1.29 is 13.9 Å². The van der Waals surface area contributed by atoms with Crippen molar-refractivity contribution in [2.24, 2.45) is 0 Å². The standard InChI is InChI=1S/C24H20FN3O2/c25-20-13-11-18(12-14-20)24-19(16-28(27-24)21-7-3-1-4-8-21)15-26-23(29)17-30-22-9-5-2-6-10-22/h1-14,16H,15,17H2,(H,26,29). The van der Waals surface area contributed by atoms with Gasteiger partial charge in [-0.25, -0.2) is 9.07 Å². The molecular formula is C24H20FN3O2. The van der Waals surface area contributed by atoms with E-state index in [-0.39, 0.29) is 24.9 Å². The molecule has 0 saturated heterocycles. The molecule has 1 N–H and O–H groups in total. The predicted molar refractivity (Wildman–Crippen MR) is 113 cm³/mol. The van der Waals surface area contributed by atoms with Gasteiger partial charge in [0.05, 0.1) is 11.4 Å². The van der Waals surface area contributed by atoms with E-state index in [2.05, 4.69) is 10.4 Å². The molecule has 1 heterocycles. The van der Waals surface area contributed by atoms with Gasteiger partial charge in [-0.3, -0.25) is 4.79 Å². The average molecular weight is 401 g/mol. The van der Waals surface area contributed by atoms with Crippen LogP contribution in [0.4, 0.5) is 4.39 Å². The molecule has 30 heavy (non-hydrogen) atoms. The second-order valence-corrected chi connectivity index (χ2v) is 6.67. The van der Waals surface area contributed by atoms with Crippen molar-refractivity contribution in [3.8, 4) is 22.7 Å². The lowest BCUT2D eigenvalue weighted by atomic mass is 10.1. The highest BCUT2D eigenvalue weighted by molar-refractivity contribution is 5.77. The number of para-hydroxylation sites is 2. The van der Waals surface area contributed by atoms with Gasteiger partial charge >= 0.3 is 0 Å². The third-order valence-electron chi connectivity index (χ3n) is 4.52. The maximum Gasteiger partial charge on any atom is 0.258 e. The number of halogens is 1. The van der Waals surface area contributed by atoms with Crippen molar-refractivity contribution in [2.45, 2.75) is 6.54 Å². The molecule has 0 aliphatic heterocycles. The first-order valence-corrected chi connectivity index (χ1v) is 9.53. The van der Waals surface area contributed by atoms with Gasteiger partial charge in [-0.1, -0.05) is 36.4 Å². The summed E-state index contributed by atoms with van der Waals surface area (Å²) < 4.78 is 20.6. The smallest absolute Gasteiger partial charge is 0.258 e. The van der Waals surface area contributed by atoms with Gasteiger partial charge in [0.15, 0.2) is 6.61 Å². The van der Waals surface area contributed by atoms with E-state index in [9.17, 15) is 9.18 Å². The molecule has 0 bridgehead atoms. The number of hydrogen-bond donors (Lipinski definition) is 1. The molecule has 0 saturated carbocycles. The van der Waals surface area contributed by atoms with E-state index in [0.717, 1.165) is 16.8 Å². The van der Waals surface area contributed by atoms with Crippen molar-refractivity contribution in [3.63, 3.8) is 0 Å². The molecule has 5 nitrogen and oxygen atoms in total. The normalized spacial score (nSPS) is 10.6. The van der Waals surface area contributed by atoms with E-state index in [0.29, 0.717) is 11.4 Å². The lowest BCUT2D eigenvalue weighted by Crippen LogP contribution is -2.28. The van der Waals surface area contributed by atoms with Gasteiger partial charge in [0.1, 0.15) is 11.6 Å². The SMILES string of the molecule is O=C(COc1ccccc1)NCc1cn(-c2ccccc2)nc1-c1ccc(F)cc1. The summed E-state index contributed by atoms with van der Waals surface area (Å²) in [4.78, 5) is 12.2.